The number of nitrogens with zero attached hydrogens (tertiary/aromatic N) is 3. The summed E-state index contributed by atoms with van der Waals surface area (Å²) in [4.78, 5) is 30.5. The first-order valence-corrected chi connectivity index (χ1v) is 9.50. The Morgan fingerprint density at radius 2 is 2.08 bits per heavy atom. The van der Waals surface area contributed by atoms with Crippen LogP contribution in [0.1, 0.15) is 25.7 Å². The summed E-state index contributed by atoms with van der Waals surface area (Å²) in [5.74, 6) is -1.54. The lowest BCUT2D eigenvalue weighted by molar-refractivity contribution is -0.170. The molecule has 3 aliphatic rings. The summed E-state index contributed by atoms with van der Waals surface area (Å²) in [6.45, 7) is 1.61. The molecule has 3 saturated heterocycles. The van der Waals surface area contributed by atoms with Gasteiger partial charge in [0.05, 0.1) is 12.6 Å². The van der Waals surface area contributed by atoms with Gasteiger partial charge in [-0.3, -0.25) is 9.39 Å². The first-order valence-electron chi connectivity index (χ1n) is 8.14. The van der Waals surface area contributed by atoms with Gasteiger partial charge in [-0.05, 0) is 25.7 Å². The molecule has 0 radical (unpaired) electrons. The van der Waals surface area contributed by atoms with E-state index in [-0.39, 0.29) is 18.9 Å². The van der Waals surface area contributed by atoms with Gasteiger partial charge in [-0.25, -0.2) is 9.59 Å². The number of hydrogen-bond donors (Lipinski definition) is 2. The molecule has 3 aliphatic heterocycles. The minimum atomic E-state index is -4.89. The Hall–Kier alpha value is -1.47. The van der Waals surface area contributed by atoms with Crippen LogP contribution < -0.4 is 0 Å². The van der Waals surface area contributed by atoms with Crippen LogP contribution in [0.4, 0.5) is 4.79 Å². The summed E-state index contributed by atoms with van der Waals surface area (Å²) in [6, 6.07) is -2.64. The summed E-state index contributed by atoms with van der Waals surface area (Å²) < 4.78 is 35.4. The van der Waals surface area contributed by atoms with E-state index in [1.165, 1.54) is 0 Å². The highest BCUT2D eigenvalue weighted by Gasteiger charge is 2.54. The third-order valence-corrected chi connectivity index (χ3v) is 5.14. The first kappa shape index (κ1) is 18.3. The normalized spacial score (nSPS) is 31.2. The molecule has 3 rings (SSSR count). The van der Waals surface area contributed by atoms with Crippen molar-refractivity contribution in [1.82, 2.24) is 15.0 Å². The van der Waals surface area contributed by atoms with E-state index in [9.17, 15) is 23.1 Å². The van der Waals surface area contributed by atoms with Crippen LogP contribution in [0.15, 0.2) is 0 Å². The minimum absolute atomic E-state index is 0.0177. The zero-order valence-corrected chi connectivity index (χ0v) is 14.3. The first-order chi connectivity index (χ1) is 11.8. The highest BCUT2D eigenvalue weighted by atomic mass is 32.3. The summed E-state index contributed by atoms with van der Waals surface area (Å²) >= 11 is 0. The Labute approximate surface area is 144 Å². The fraction of sp³-hybridized carbons (Fsp3) is 0.846. The van der Waals surface area contributed by atoms with Crippen molar-refractivity contribution < 1.29 is 36.8 Å². The number of fused-ring (bicyclic) bond motifs is 2. The van der Waals surface area contributed by atoms with Crippen LogP contribution >= 0.6 is 0 Å². The smallest absolute Gasteiger partial charge is 0.418 e. The van der Waals surface area contributed by atoms with Gasteiger partial charge in [-0.2, -0.15) is 18.5 Å². The standard InChI is InChI=1S/C13H21N3O8S/c17-12(18)10-6-9(7-14-4-2-1-3-5-23-14)11-8-15(10)13(19)16(11)24-25(20,21)22/h9-11H,1-8H2,(H,17,18)(H,20,21,22)/t9?,10-,11-/m0/s1. The lowest BCUT2D eigenvalue weighted by Crippen LogP contribution is -2.51. The van der Waals surface area contributed by atoms with E-state index in [1.54, 1.807) is 5.06 Å². The van der Waals surface area contributed by atoms with Gasteiger partial charge < -0.3 is 10.0 Å². The Kier molecular flexibility index (Phi) is 5.16. The highest BCUT2D eigenvalue weighted by molar-refractivity contribution is 7.80. The molecule has 0 aromatic carbocycles. The molecule has 0 aromatic heterocycles. The van der Waals surface area contributed by atoms with Gasteiger partial charge in [0.25, 0.3) is 0 Å². The molecular weight excluding hydrogens is 358 g/mol. The third-order valence-electron chi connectivity index (χ3n) is 4.79. The number of hydroxylamine groups is 4. The van der Waals surface area contributed by atoms with Gasteiger partial charge in [-0.15, -0.1) is 4.28 Å². The molecule has 2 bridgehead atoms. The summed E-state index contributed by atoms with van der Waals surface area (Å²) in [7, 11) is -4.89. The maximum Gasteiger partial charge on any atom is 0.418 e. The molecule has 2 amide bonds. The Bertz CT molecular complexity index is 633. The number of aliphatic carboxylic acids is 1. The number of carboxylic acids is 1. The zero-order chi connectivity index (χ0) is 18.2. The molecule has 1 unspecified atom stereocenters. The number of carbonyl (C=O) groups excluding carboxylic acids is 1. The molecule has 142 valence electrons. The Balaban J connectivity index is 1.80. The molecule has 3 atom stereocenters. The predicted molar refractivity (Wildman–Crippen MR) is 81.3 cm³/mol. The molecule has 0 aromatic rings. The van der Waals surface area contributed by atoms with Crippen molar-refractivity contribution in [1.29, 1.82) is 0 Å². The summed E-state index contributed by atoms with van der Waals surface area (Å²) in [5, 5.41) is 11.7. The highest BCUT2D eigenvalue weighted by Crippen LogP contribution is 2.35. The van der Waals surface area contributed by atoms with Crippen molar-refractivity contribution in [3.05, 3.63) is 0 Å². The summed E-state index contributed by atoms with van der Waals surface area (Å²) in [5.41, 5.74) is 0. The molecule has 3 fully saturated rings. The van der Waals surface area contributed by atoms with Gasteiger partial charge in [0, 0.05) is 25.6 Å². The number of piperidine rings is 1. The number of amides is 2. The van der Waals surface area contributed by atoms with E-state index in [2.05, 4.69) is 4.28 Å². The largest absolute Gasteiger partial charge is 0.480 e. The predicted octanol–water partition coefficient (Wildman–Crippen LogP) is -0.282. The van der Waals surface area contributed by atoms with Gasteiger partial charge >= 0.3 is 22.4 Å². The van der Waals surface area contributed by atoms with E-state index in [1.807, 2.05) is 0 Å². The number of urea groups is 1. The van der Waals surface area contributed by atoms with E-state index in [0.717, 1.165) is 24.2 Å². The van der Waals surface area contributed by atoms with Gasteiger partial charge in [0.15, 0.2) is 0 Å². The maximum atomic E-state index is 12.3. The fourth-order valence-corrected chi connectivity index (χ4v) is 4.02. The van der Waals surface area contributed by atoms with Crippen LogP contribution in [0.5, 0.6) is 0 Å². The number of rotatable bonds is 5. The van der Waals surface area contributed by atoms with Crippen LogP contribution in [0.3, 0.4) is 0 Å². The number of hydrogen-bond acceptors (Lipinski definition) is 7. The minimum Gasteiger partial charge on any atom is -0.480 e. The Morgan fingerprint density at radius 1 is 1.32 bits per heavy atom. The third kappa shape index (κ3) is 4.03. The monoisotopic (exact) mass is 379 g/mol. The average molecular weight is 379 g/mol. The lowest BCUT2D eigenvalue weighted by Gasteiger charge is -2.36. The van der Waals surface area contributed by atoms with Crippen molar-refractivity contribution in [2.45, 2.75) is 37.8 Å². The van der Waals surface area contributed by atoms with Crippen LogP contribution in [-0.2, 0) is 24.3 Å². The van der Waals surface area contributed by atoms with E-state index in [0.29, 0.717) is 24.8 Å². The van der Waals surface area contributed by atoms with Crippen molar-refractivity contribution in [2.75, 3.05) is 26.2 Å². The summed E-state index contributed by atoms with van der Waals surface area (Å²) in [6.07, 6.45) is 3.06. The maximum absolute atomic E-state index is 12.3. The van der Waals surface area contributed by atoms with Crippen LogP contribution in [0, 0.1) is 5.92 Å². The van der Waals surface area contributed by atoms with Gasteiger partial charge in [0.2, 0.25) is 0 Å². The van der Waals surface area contributed by atoms with E-state index >= 15 is 0 Å². The van der Waals surface area contributed by atoms with Crippen molar-refractivity contribution in [3.63, 3.8) is 0 Å². The van der Waals surface area contributed by atoms with E-state index < -0.39 is 34.5 Å². The number of carbonyl (C=O) groups is 2. The molecule has 0 spiro atoms. The molecular formula is C13H21N3O8S. The zero-order valence-electron chi connectivity index (χ0n) is 13.5. The topological polar surface area (TPSA) is 137 Å². The van der Waals surface area contributed by atoms with E-state index in [4.69, 9.17) is 9.39 Å². The van der Waals surface area contributed by atoms with Crippen molar-refractivity contribution in [3.8, 4) is 0 Å². The molecule has 3 heterocycles. The second kappa shape index (κ2) is 7.03. The van der Waals surface area contributed by atoms with Crippen LogP contribution in [0.2, 0.25) is 0 Å². The molecule has 11 nitrogen and oxygen atoms in total. The Morgan fingerprint density at radius 3 is 2.76 bits per heavy atom. The molecule has 2 N–H and O–H groups in total. The molecule has 25 heavy (non-hydrogen) atoms. The SMILES string of the molecule is O=C(O)[C@@H]1CC(CN2CCCCCO2)[C@@H]2CN1C(=O)N2OS(=O)(=O)O. The second-order valence-corrected chi connectivity index (χ2v) is 7.47. The molecule has 12 heteroatoms. The van der Waals surface area contributed by atoms with Gasteiger partial charge in [0.1, 0.15) is 6.04 Å². The fourth-order valence-electron chi connectivity index (χ4n) is 3.64. The number of carboxylic acid groups (broad SMARTS) is 1. The van der Waals surface area contributed by atoms with Crippen LogP contribution in [-0.4, -0.2) is 83.4 Å². The molecule has 0 aliphatic carbocycles. The van der Waals surface area contributed by atoms with Crippen molar-refractivity contribution in [2.24, 2.45) is 5.92 Å². The quantitative estimate of drug-likeness (QED) is 0.618. The average Bonchev–Trinajstić information content (AvgIpc) is 2.71. The van der Waals surface area contributed by atoms with Gasteiger partial charge in [-0.1, -0.05) is 0 Å². The second-order valence-electron chi connectivity index (χ2n) is 6.46. The van der Waals surface area contributed by atoms with Crippen LogP contribution in [0.25, 0.3) is 0 Å². The lowest BCUT2D eigenvalue weighted by atomic mass is 9.88. The van der Waals surface area contributed by atoms with Crippen molar-refractivity contribution >= 4 is 22.4 Å². The molecule has 0 saturated carbocycles.